The van der Waals surface area contributed by atoms with Gasteiger partial charge in [0.05, 0.1) is 17.7 Å². The zero-order chi connectivity index (χ0) is 22.6. The van der Waals surface area contributed by atoms with Gasteiger partial charge in [-0.3, -0.25) is 14.6 Å². The van der Waals surface area contributed by atoms with Crippen molar-refractivity contribution >= 4 is 30.6 Å². The van der Waals surface area contributed by atoms with E-state index in [-0.39, 0.29) is 43.0 Å². The number of Topliss-reactive ketones (excluding diaryl/α,β-unsaturated/α-hetero) is 1. The van der Waals surface area contributed by atoms with Gasteiger partial charge in [0, 0.05) is 39.1 Å². The van der Waals surface area contributed by atoms with Crippen molar-refractivity contribution in [2.45, 2.75) is 25.3 Å². The van der Waals surface area contributed by atoms with Crippen LogP contribution in [0.1, 0.15) is 22.3 Å². The second-order valence-electron chi connectivity index (χ2n) is 7.67. The number of halogens is 8. The molecule has 1 saturated heterocycles. The number of benzene rings is 2. The maximum absolute atomic E-state index is 13.0. The van der Waals surface area contributed by atoms with Crippen LogP contribution in [0, 0.1) is 0 Å². The van der Waals surface area contributed by atoms with Crippen molar-refractivity contribution in [3.05, 3.63) is 70.8 Å². The second-order valence-corrected chi connectivity index (χ2v) is 7.67. The Bertz CT molecular complexity index is 866. The van der Waals surface area contributed by atoms with Crippen LogP contribution in [0.2, 0.25) is 0 Å². The topological polar surface area (TPSA) is 23.6 Å². The van der Waals surface area contributed by atoms with E-state index >= 15 is 0 Å². The van der Waals surface area contributed by atoms with E-state index in [0.29, 0.717) is 25.2 Å². The quantitative estimate of drug-likeness (QED) is 0.474. The predicted octanol–water partition coefficient (Wildman–Crippen LogP) is 5.50. The minimum atomic E-state index is -4.92. The summed E-state index contributed by atoms with van der Waals surface area (Å²) < 4.78 is 77.8. The van der Waals surface area contributed by atoms with Crippen molar-refractivity contribution in [3.63, 3.8) is 0 Å². The molecule has 33 heavy (non-hydrogen) atoms. The standard InChI is InChI=1S/C22H22F6N2O.2ClH/c23-21(24,25)18-10-17(11-19(13-18)22(26,27)28)12-20(31)15-30-8-6-29(7-9-30)14-16-4-2-1-3-5-16;;/h1-5,10-11,13H,6-9,12,14-15H2;2*1H. The molecule has 1 aliphatic heterocycles. The smallest absolute Gasteiger partial charge is 0.298 e. The SMILES string of the molecule is Cl.Cl.O=C(Cc1cc(C(F)(F)F)cc(C(F)(F)F)c1)CN1CCN(Cc2ccccc2)CC1. The molecule has 1 heterocycles. The summed E-state index contributed by atoms with van der Waals surface area (Å²) in [5.41, 5.74) is -1.91. The van der Waals surface area contributed by atoms with E-state index in [2.05, 4.69) is 4.90 Å². The molecule has 2 aromatic carbocycles. The fourth-order valence-electron chi connectivity index (χ4n) is 3.60. The van der Waals surface area contributed by atoms with Crippen LogP contribution in [-0.4, -0.2) is 48.3 Å². The number of ketones is 1. The molecular weight excluding hydrogens is 493 g/mol. The van der Waals surface area contributed by atoms with Gasteiger partial charge in [0.15, 0.2) is 5.78 Å². The van der Waals surface area contributed by atoms with Crippen molar-refractivity contribution in [2.75, 3.05) is 32.7 Å². The van der Waals surface area contributed by atoms with E-state index in [0.717, 1.165) is 19.6 Å². The Morgan fingerprint density at radius 2 is 1.21 bits per heavy atom. The minimum absolute atomic E-state index is 0. The van der Waals surface area contributed by atoms with Crippen LogP contribution >= 0.6 is 24.8 Å². The van der Waals surface area contributed by atoms with Gasteiger partial charge in [-0.15, -0.1) is 24.8 Å². The van der Waals surface area contributed by atoms with E-state index in [1.54, 1.807) is 0 Å². The number of rotatable bonds is 6. The Balaban J connectivity index is 0.00000272. The number of hydrogen-bond acceptors (Lipinski definition) is 3. The van der Waals surface area contributed by atoms with Crippen molar-refractivity contribution in [2.24, 2.45) is 0 Å². The maximum atomic E-state index is 13.0. The molecule has 0 aliphatic carbocycles. The number of carbonyl (C=O) groups excluding carboxylic acids is 1. The molecule has 1 fully saturated rings. The molecule has 0 bridgehead atoms. The summed E-state index contributed by atoms with van der Waals surface area (Å²) >= 11 is 0. The summed E-state index contributed by atoms with van der Waals surface area (Å²) in [6.45, 7) is 3.45. The normalized spacial score (nSPS) is 15.5. The molecule has 0 unspecified atom stereocenters. The average Bonchev–Trinajstić information content (AvgIpc) is 2.68. The summed E-state index contributed by atoms with van der Waals surface area (Å²) in [6, 6.07) is 11.2. The first kappa shape index (κ1) is 29.2. The van der Waals surface area contributed by atoms with Gasteiger partial charge in [0.2, 0.25) is 0 Å². The molecule has 0 saturated carbocycles. The first-order valence-electron chi connectivity index (χ1n) is 9.79. The minimum Gasteiger partial charge on any atom is -0.298 e. The highest BCUT2D eigenvalue weighted by atomic mass is 35.5. The van der Waals surface area contributed by atoms with E-state index in [1.165, 1.54) is 5.56 Å². The fourth-order valence-corrected chi connectivity index (χ4v) is 3.60. The molecule has 11 heteroatoms. The van der Waals surface area contributed by atoms with Crippen molar-refractivity contribution in [1.29, 1.82) is 0 Å². The molecule has 0 spiro atoms. The number of alkyl halides is 6. The van der Waals surface area contributed by atoms with Gasteiger partial charge in [0.25, 0.3) is 0 Å². The molecule has 0 aromatic heterocycles. The molecule has 1 aliphatic rings. The monoisotopic (exact) mass is 516 g/mol. The first-order valence-corrected chi connectivity index (χ1v) is 9.79. The lowest BCUT2D eigenvalue weighted by molar-refractivity contribution is -0.143. The van der Waals surface area contributed by atoms with Gasteiger partial charge >= 0.3 is 12.4 Å². The third-order valence-corrected chi connectivity index (χ3v) is 5.16. The number of piperazine rings is 1. The van der Waals surface area contributed by atoms with Crippen molar-refractivity contribution in [1.82, 2.24) is 9.80 Å². The van der Waals surface area contributed by atoms with Gasteiger partial charge in [0.1, 0.15) is 0 Å². The summed E-state index contributed by atoms with van der Waals surface area (Å²) in [5.74, 6) is -0.413. The van der Waals surface area contributed by atoms with E-state index in [9.17, 15) is 31.1 Å². The Kier molecular flexibility index (Phi) is 10.7. The van der Waals surface area contributed by atoms with Crippen LogP contribution in [-0.2, 0) is 30.1 Å². The van der Waals surface area contributed by atoms with Crippen LogP contribution in [0.5, 0.6) is 0 Å². The number of carbonyl (C=O) groups is 1. The lowest BCUT2D eigenvalue weighted by atomic mass is 10.0. The summed E-state index contributed by atoms with van der Waals surface area (Å²) in [7, 11) is 0. The molecule has 0 radical (unpaired) electrons. The molecule has 0 amide bonds. The van der Waals surface area contributed by atoms with E-state index in [1.807, 2.05) is 35.2 Å². The third kappa shape index (κ3) is 8.81. The van der Waals surface area contributed by atoms with Gasteiger partial charge in [-0.25, -0.2) is 0 Å². The second kappa shape index (κ2) is 12.1. The summed E-state index contributed by atoms with van der Waals surface area (Å²) in [4.78, 5) is 16.5. The van der Waals surface area contributed by atoms with Crippen molar-refractivity contribution < 1.29 is 31.1 Å². The third-order valence-electron chi connectivity index (χ3n) is 5.16. The van der Waals surface area contributed by atoms with Crippen LogP contribution < -0.4 is 0 Å². The van der Waals surface area contributed by atoms with E-state index in [4.69, 9.17) is 0 Å². The predicted molar refractivity (Wildman–Crippen MR) is 118 cm³/mol. The van der Waals surface area contributed by atoms with E-state index < -0.39 is 35.7 Å². The maximum Gasteiger partial charge on any atom is 0.416 e. The first-order chi connectivity index (χ1) is 14.5. The Morgan fingerprint density at radius 1 is 0.727 bits per heavy atom. The molecule has 0 N–H and O–H groups in total. The Hall–Kier alpha value is -1.81. The molecule has 0 atom stereocenters. The molecular formula is C22H24Cl2F6N2O. The highest BCUT2D eigenvalue weighted by molar-refractivity contribution is 5.85. The molecule has 184 valence electrons. The average molecular weight is 517 g/mol. The number of hydrogen-bond donors (Lipinski definition) is 0. The molecule has 3 nitrogen and oxygen atoms in total. The molecule has 2 aromatic rings. The summed E-state index contributed by atoms with van der Waals surface area (Å²) in [6.07, 6.45) is -10.3. The zero-order valence-electron chi connectivity index (χ0n) is 17.5. The van der Waals surface area contributed by atoms with Crippen LogP contribution in [0.25, 0.3) is 0 Å². The van der Waals surface area contributed by atoms with Crippen LogP contribution in [0.3, 0.4) is 0 Å². The fraction of sp³-hybridized carbons (Fsp3) is 0.409. The Morgan fingerprint density at radius 3 is 1.70 bits per heavy atom. The lowest BCUT2D eigenvalue weighted by Gasteiger charge is -2.34. The highest BCUT2D eigenvalue weighted by Gasteiger charge is 2.37. The van der Waals surface area contributed by atoms with Crippen LogP contribution in [0.4, 0.5) is 26.3 Å². The zero-order valence-corrected chi connectivity index (χ0v) is 19.1. The van der Waals surface area contributed by atoms with Gasteiger partial charge in [-0.1, -0.05) is 30.3 Å². The summed E-state index contributed by atoms with van der Waals surface area (Å²) in [5, 5.41) is 0. The Labute approximate surface area is 200 Å². The lowest BCUT2D eigenvalue weighted by Crippen LogP contribution is -2.47. The largest absolute Gasteiger partial charge is 0.416 e. The van der Waals surface area contributed by atoms with Gasteiger partial charge in [-0.05, 0) is 29.3 Å². The van der Waals surface area contributed by atoms with Gasteiger partial charge < -0.3 is 0 Å². The number of nitrogens with zero attached hydrogens (tertiary/aromatic N) is 2. The van der Waals surface area contributed by atoms with Crippen molar-refractivity contribution in [3.8, 4) is 0 Å². The van der Waals surface area contributed by atoms with Crippen LogP contribution in [0.15, 0.2) is 48.5 Å². The molecule has 3 rings (SSSR count). The van der Waals surface area contributed by atoms with Gasteiger partial charge in [-0.2, -0.15) is 26.3 Å². The highest BCUT2D eigenvalue weighted by Crippen LogP contribution is 2.36.